The van der Waals surface area contributed by atoms with Crippen molar-refractivity contribution in [3.05, 3.63) is 130 Å². The van der Waals surface area contributed by atoms with Crippen LogP contribution in [0.15, 0.2) is 108 Å². The molecule has 4 aromatic rings. The summed E-state index contributed by atoms with van der Waals surface area (Å²) in [7, 11) is -1.95. The molecule has 208 valence electrons. The fourth-order valence-corrected chi connectivity index (χ4v) is 12.6. The van der Waals surface area contributed by atoms with E-state index in [1.807, 2.05) is 0 Å². The van der Waals surface area contributed by atoms with Crippen LogP contribution >= 0.6 is 0 Å². The number of benzene rings is 4. The van der Waals surface area contributed by atoms with Gasteiger partial charge in [0.2, 0.25) is 0 Å². The molecule has 2 atom stereocenters. The molecular weight excluding hydrogens is 509 g/mol. The first-order valence-electron chi connectivity index (χ1n) is 15.8. The highest BCUT2D eigenvalue weighted by Crippen LogP contribution is 2.56. The second-order valence-corrected chi connectivity index (χ2v) is 17.5. The number of rotatable bonds is 10. The molecular formula is C40H44Si. The van der Waals surface area contributed by atoms with Crippen molar-refractivity contribution in [1.29, 1.82) is 0 Å². The maximum atomic E-state index is 2.70. The molecule has 0 heterocycles. The van der Waals surface area contributed by atoms with Gasteiger partial charge in [-0.05, 0) is 70.2 Å². The van der Waals surface area contributed by atoms with E-state index in [1.165, 1.54) is 71.9 Å². The van der Waals surface area contributed by atoms with E-state index in [0.717, 1.165) is 0 Å². The van der Waals surface area contributed by atoms with Crippen LogP contribution in [0.2, 0.25) is 13.1 Å². The molecule has 0 aromatic heterocycles. The molecule has 0 saturated carbocycles. The lowest BCUT2D eigenvalue weighted by molar-refractivity contribution is 0.750. The number of hydrogen-bond acceptors (Lipinski definition) is 0. The largest absolute Gasteiger partial charge is 0.0722 e. The van der Waals surface area contributed by atoms with Gasteiger partial charge in [-0.3, -0.25) is 0 Å². The van der Waals surface area contributed by atoms with E-state index in [9.17, 15) is 0 Å². The Morgan fingerprint density at radius 3 is 1.32 bits per heavy atom. The fraction of sp³-hybridized carbons (Fsp3) is 0.300. The Hall–Kier alpha value is -3.42. The van der Waals surface area contributed by atoms with Crippen LogP contribution in [0.1, 0.15) is 85.7 Å². The summed E-state index contributed by atoms with van der Waals surface area (Å²) in [5.41, 5.74) is 16.0. The summed E-state index contributed by atoms with van der Waals surface area (Å²) >= 11 is 0. The Bertz CT molecular complexity index is 1450. The van der Waals surface area contributed by atoms with Gasteiger partial charge in [0.05, 0.1) is 8.07 Å². The van der Waals surface area contributed by atoms with Crippen molar-refractivity contribution in [2.45, 2.75) is 76.5 Å². The van der Waals surface area contributed by atoms with Gasteiger partial charge in [-0.15, -0.1) is 0 Å². The lowest BCUT2D eigenvalue weighted by Crippen LogP contribution is -2.43. The summed E-state index contributed by atoms with van der Waals surface area (Å²) in [6.07, 6.45) is 12.6. The number of fused-ring (bicyclic) bond motifs is 2. The molecule has 6 rings (SSSR count). The molecule has 2 aliphatic carbocycles. The van der Waals surface area contributed by atoms with Crippen LogP contribution in [-0.2, 0) is 0 Å². The predicted molar refractivity (Wildman–Crippen MR) is 182 cm³/mol. The van der Waals surface area contributed by atoms with Crippen molar-refractivity contribution < 1.29 is 0 Å². The zero-order chi connectivity index (χ0) is 28.4. The van der Waals surface area contributed by atoms with E-state index in [2.05, 4.69) is 136 Å². The van der Waals surface area contributed by atoms with E-state index >= 15 is 0 Å². The quantitative estimate of drug-likeness (QED) is 0.172. The summed E-state index contributed by atoms with van der Waals surface area (Å²) in [5.74, 6) is 0. The first kappa shape index (κ1) is 27.7. The Balaban J connectivity index is 1.49. The summed E-state index contributed by atoms with van der Waals surface area (Å²) in [6.45, 7) is 10.1. The molecule has 0 amide bonds. The molecule has 0 aliphatic heterocycles. The van der Waals surface area contributed by atoms with Crippen molar-refractivity contribution in [1.82, 2.24) is 0 Å². The number of allylic oxidation sites excluding steroid dienone is 2. The van der Waals surface area contributed by atoms with E-state index in [0.29, 0.717) is 11.1 Å². The average Bonchev–Trinajstić information content (AvgIpc) is 3.59. The van der Waals surface area contributed by atoms with Crippen LogP contribution in [0.4, 0.5) is 0 Å². The minimum atomic E-state index is -1.95. The molecule has 0 saturated heterocycles. The van der Waals surface area contributed by atoms with Gasteiger partial charge in [-0.25, -0.2) is 0 Å². The predicted octanol–water partition coefficient (Wildman–Crippen LogP) is 11.8. The van der Waals surface area contributed by atoms with Gasteiger partial charge < -0.3 is 0 Å². The Kier molecular flexibility index (Phi) is 8.00. The summed E-state index contributed by atoms with van der Waals surface area (Å²) in [6, 6.07) is 36.3. The Labute approximate surface area is 248 Å². The molecule has 1 heteroatoms. The van der Waals surface area contributed by atoms with Crippen molar-refractivity contribution in [3.63, 3.8) is 0 Å². The van der Waals surface area contributed by atoms with Crippen LogP contribution in [0.5, 0.6) is 0 Å². The fourth-order valence-electron chi connectivity index (χ4n) is 7.79. The number of hydrogen-bond donors (Lipinski definition) is 0. The molecule has 41 heavy (non-hydrogen) atoms. The number of unbranched alkanes of at least 4 members (excludes halogenated alkanes) is 2. The van der Waals surface area contributed by atoms with Crippen molar-refractivity contribution in [2.75, 3.05) is 0 Å². The van der Waals surface area contributed by atoms with Crippen LogP contribution in [0.25, 0.3) is 34.4 Å². The summed E-state index contributed by atoms with van der Waals surface area (Å²) in [5, 5.41) is 0. The SMILES string of the molecule is CCCCC1=Cc2c(-c3ccccc3)cccc2C1[Si](C)(C)C1C(CCCC)=Cc2c(-c3ccccc3)cccc21. The highest BCUT2D eigenvalue weighted by Gasteiger charge is 2.48. The molecule has 0 N–H and O–H groups in total. The molecule has 0 bridgehead atoms. The topological polar surface area (TPSA) is 0 Å². The first-order valence-corrected chi connectivity index (χ1v) is 19.0. The zero-order valence-electron chi connectivity index (χ0n) is 25.3. The van der Waals surface area contributed by atoms with Crippen molar-refractivity contribution >= 4 is 20.2 Å². The van der Waals surface area contributed by atoms with Gasteiger partial charge in [0, 0.05) is 11.1 Å². The van der Waals surface area contributed by atoms with E-state index in [-0.39, 0.29) is 0 Å². The third-order valence-corrected chi connectivity index (χ3v) is 13.9. The maximum Gasteiger partial charge on any atom is 0.0722 e. The minimum absolute atomic E-state index is 0.536. The maximum absolute atomic E-state index is 2.70. The van der Waals surface area contributed by atoms with E-state index in [1.54, 1.807) is 22.3 Å². The molecule has 0 fully saturated rings. The third kappa shape index (κ3) is 5.10. The molecule has 0 radical (unpaired) electrons. The second kappa shape index (κ2) is 11.8. The monoisotopic (exact) mass is 552 g/mol. The Morgan fingerprint density at radius 1 is 0.512 bits per heavy atom. The summed E-state index contributed by atoms with van der Waals surface area (Å²) in [4.78, 5) is 0. The highest BCUT2D eigenvalue weighted by atomic mass is 28.3. The molecule has 2 unspecified atom stereocenters. The zero-order valence-corrected chi connectivity index (χ0v) is 26.3. The van der Waals surface area contributed by atoms with Gasteiger partial charge in [-0.1, -0.05) is 160 Å². The van der Waals surface area contributed by atoms with Gasteiger partial charge in [0.15, 0.2) is 0 Å². The van der Waals surface area contributed by atoms with Gasteiger partial charge in [0.25, 0.3) is 0 Å². The highest BCUT2D eigenvalue weighted by molar-refractivity contribution is 6.81. The van der Waals surface area contributed by atoms with Crippen LogP contribution in [0.3, 0.4) is 0 Å². The van der Waals surface area contributed by atoms with E-state index < -0.39 is 8.07 Å². The molecule has 0 nitrogen and oxygen atoms in total. The lowest BCUT2D eigenvalue weighted by atomic mass is 9.97. The smallest absolute Gasteiger partial charge is 0.0679 e. The minimum Gasteiger partial charge on any atom is -0.0679 e. The molecule has 4 aromatic carbocycles. The van der Waals surface area contributed by atoms with Crippen molar-refractivity contribution in [2.24, 2.45) is 0 Å². The summed E-state index contributed by atoms with van der Waals surface area (Å²) < 4.78 is 0. The Morgan fingerprint density at radius 2 is 0.927 bits per heavy atom. The average molecular weight is 553 g/mol. The normalized spacial score (nSPS) is 17.7. The molecule has 2 aliphatic rings. The molecule has 0 spiro atoms. The second-order valence-electron chi connectivity index (χ2n) is 12.7. The first-order chi connectivity index (χ1) is 20.0. The van der Waals surface area contributed by atoms with E-state index in [4.69, 9.17) is 0 Å². The lowest BCUT2D eigenvalue weighted by Gasteiger charge is -2.40. The van der Waals surface area contributed by atoms with Gasteiger partial charge in [-0.2, -0.15) is 0 Å². The van der Waals surface area contributed by atoms with Crippen molar-refractivity contribution in [3.8, 4) is 22.3 Å². The third-order valence-electron chi connectivity index (χ3n) is 9.60. The standard InChI is InChI=1S/C40H44Si/c1-5-7-17-31-27-37-33(29-19-11-9-12-20-29)23-15-25-35(37)39(31)41(3,4)40-32(18-8-6-2)28-38-34(24-16-26-36(38)40)30-21-13-10-14-22-30/h9-16,19-28,39-40H,5-8,17-18H2,1-4H3. The van der Waals surface area contributed by atoms with Gasteiger partial charge >= 0.3 is 0 Å². The van der Waals surface area contributed by atoms with Crippen LogP contribution in [0, 0.1) is 0 Å². The van der Waals surface area contributed by atoms with Crippen LogP contribution in [-0.4, -0.2) is 8.07 Å². The van der Waals surface area contributed by atoms with Gasteiger partial charge in [0.1, 0.15) is 0 Å². The van der Waals surface area contributed by atoms with Crippen LogP contribution < -0.4 is 0 Å².